The maximum atomic E-state index is 13.0. The van der Waals surface area contributed by atoms with E-state index in [-0.39, 0.29) is 42.0 Å². The Balaban J connectivity index is 1.31. The maximum Gasteiger partial charge on any atom is 0.253 e. The van der Waals surface area contributed by atoms with Gasteiger partial charge in [-0.1, -0.05) is 0 Å². The van der Waals surface area contributed by atoms with Gasteiger partial charge in [0.25, 0.3) is 5.91 Å². The molecular formula is C23H34N4O5S. The smallest absolute Gasteiger partial charge is 0.253 e. The van der Waals surface area contributed by atoms with Gasteiger partial charge in [0.05, 0.1) is 23.6 Å². The Bertz CT molecular complexity index is 950. The number of hydrogen-bond acceptors (Lipinski definition) is 6. The number of amides is 2. The molecule has 33 heavy (non-hydrogen) atoms. The summed E-state index contributed by atoms with van der Waals surface area (Å²) < 4.78 is 32.6. The monoisotopic (exact) mass is 478 g/mol. The van der Waals surface area contributed by atoms with Crippen molar-refractivity contribution in [3.05, 3.63) is 29.8 Å². The lowest BCUT2D eigenvalue weighted by molar-refractivity contribution is -0.122. The van der Waals surface area contributed by atoms with Crippen molar-refractivity contribution < 1.29 is 22.7 Å². The zero-order valence-electron chi connectivity index (χ0n) is 19.4. The molecule has 3 heterocycles. The SMILES string of the molecule is C[C@@H]1CN(CC2CCN(C(=O)c3ccc(S(=O)(=O)N4CCNC(=O)C4)cc3)CC2)C[C@H](C)O1. The van der Waals surface area contributed by atoms with Crippen LogP contribution in [0.4, 0.5) is 0 Å². The molecule has 4 rings (SSSR count). The number of piperazine rings is 1. The van der Waals surface area contributed by atoms with E-state index in [1.165, 1.54) is 16.4 Å². The number of nitrogens with one attached hydrogen (secondary N) is 1. The van der Waals surface area contributed by atoms with E-state index in [1.807, 2.05) is 4.90 Å². The number of piperidine rings is 1. The molecule has 1 N–H and O–H groups in total. The van der Waals surface area contributed by atoms with Gasteiger partial charge in [0.15, 0.2) is 0 Å². The minimum Gasteiger partial charge on any atom is -0.373 e. The van der Waals surface area contributed by atoms with E-state index in [2.05, 4.69) is 24.1 Å². The molecule has 0 bridgehead atoms. The van der Waals surface area contributed by atoms with Crippen LogP contribution in [-0.2, 0) is 19.6 Å². The molecule has 0 spiro atoms. The normalized spacial score (nSPS) is 26.2. The van der Waals surface area contributed by atoms with Crippen LogP contribution >= 0.6 is 0 Å². The second-order valence-corrected chi connectivity index (χ2v) is 11.4. The molecule has 3 fully saturated rings. The van der Waals surface area contributed by atoms with Gasteiger partial charge in [0.2, 0.25) is 15.9 Å². The number of ether oxygens (including phenoxy) is 1. The number of likely N-dealkylation sites (tertiary alicyclic amines) is 1. The third kappa shape index (κ3) is 5.74. The van der Waals surface area contributed by atoms with Crippen molar-refractivity contribution in [1.29, 1.82) is 0 Å². The summed E-state index contributed by atoms with van der Waals surface area (Å²) in [6.07, 6.45) is 2.45. The van der Waals surface area contributed by atoms with Crippen LogP contribution in [-0.4, -0.2) is 98.9 Å². The van der Waals surface area contributed by atoms with Gasteiger partial charge in [0.1, 0.15) is 0 Å². The van der Waals surface area contributed by atoms with Crippen LogP contribution in [0.25, 0.3) is 0 Å². The quantitative estimate of drug-likeness (QED) is 0.671. The molecule has 0 unspecified atom stereocenters. The number of rotatable bonds is 5. The summed E-state index contributed by atoms with van der Waals surface area (Å²) in [6.45, 7) is 8.97. The predicted molar refractivity (Wildman–Crippen MR) is 123 cm³/mol. The standard InChI is InChI=1S/C23H34N4O5S/c1-17-13-25(14-18(2)32-17)15-19-7-10-26(11-8-19)23(29)20-3-5-21(6-4-20)33(30,31)27-12-9-24-22(28)16-27/h3-6,17-19H,7-16H2,1-2H3,(H,24,28)/t17-,18+. The van der Waals surface area contributed by atoms with E-state index in [9.17, 15) is 18.0 Å². The fraction of sp³-hybridized carbons (Fsp3) is 0.652. The first kappa shape index (κ1) is 24.1. The number of hydrogen-bond donors (Lipinski definition) is 1. The van der Waals surface area contributed by atoms with Crippen LogP contribution in [0.1, 0.15) is 37.0 Å². The van der Waals surface area contributed by atoms with Gasteiger partial charge < -0.3 is 15.0 Å². The van der Waals surface area contributed by atoms with E-state index >= 15 is 0 Å². The van der Waals surface area contributed by atoms with Crippen LogP contribution in [0.3, 0.4) is 0 Å². The van der Waals surface area contributed by atoms with Gasteiger partial charge >= 0.3 is 0 Å². The lowest BCUT2D eigenvalue weighted by Gasteiger charge is -2.39. The highest BCUT2D eigenvalue weighted by Gasteiger charge is 2.30. The second-order valence-electron chi connectivity index (χ2n) is 9.42. The van der Waals surface area contributed by atoms with E-state index in [0.29, 0.717) is 31.1 Å². The minimum absolute atomic E-state index is 0.0663. The van der Waals surface area contributed by atoms with E-state index in [4.69, 9.17) is 4.74 Å². The van der Waals surface area contributed by atoms with Crippen LogP contribution < -0.4 is 5.32 Å². The second kappa shape index (κ2) is 10.1. The topological polar surface area (TPSA) is 99.3 Å². The highest BCUT2D eigenvalue weighted by molar-refractivity contribution is 7.89. The molecule has 10 heteroatoms. The van der Waals surface area contributed by atoms with E-state index in [1.54, 1.807) is 12.1 Å². The Kier molecular flexibility index (Phi) is 7.37. The van der Waals surface area contributed by atoms with Crippen molar-refractivity contribution >= 4 is 21.8 Å². The first-order valence-electron chi connectivity index (χ1n) is 11.8. The fourth-order valence-corrected chi connectivity index (χ4v) is 6.44. The van der Waals surface area contributed by atoms with Gasteiger partial charge in [-0.15, -0.1) is 0 Å². The molecule has 0 saturated carbocycles. The molecule has 3 aliphatic heterocycles. The largest absolute Gasteiger partial charge is 0.373 e. The Hall–Kier alpha value is -2.01. The Morgan fingerprint density at radius 1 is 1.06 bits per heavy atom. The van der Waals surface area contributed by atoms with E-state index < -0.39 is 10.0 Å². The highest BCUT2D eigenvalue weighted by Crippen LogP contribution is 2.23. The molecule has 9 nitrogen and oxygen atoms in total. The maximum absolute atomic E-state index is 13.0. The lowest BCUT2D eigenvalue weighted by atomic mass is 9.95. The molecule has 1 aromatic carbocycles. The third-order valence-electron chi connectivity index (χ3n) is 6.66. The number of benzene rings is 1. The average molecular weight is 479 g/mol. The predicted octanol–water partition coefficient (Wildman–Crippen LogP) is 0.769. The number of carbonyl (C=O) groups is 2. The van der Waals surface area contributed by atoms with Crippen molar-refractivity contribution in [3.8, 4) is 0 Å². The molecule has 3 aliphatic rings. The molecule has 1 aromatic rings. The Morgan fingerprint density at radius 3 is 2.30 bits per heavy atom. The van der Waals surface area contributed by atoms with Gasteiger partial charge in [-0.2, -0.15) is 4.31 Å². The summed E-state index contributed by atoms with van der Waals surface area (Å²) in [5.41, 5.74) is 0.486. The average Bonchev–Trinajstić information content (AvgIpc) is 2.78. The number of morpholine rings is 1. The minimum atomic E-state index is -3.76. The van der Waals surface area contributed by atoms with Crippen molar-refractivity contribution in [3.63, 3.8) is 0 Å². The number of sulfonamides is 1. The Morgan fingerprint density at radius 2 is 1.70 bits per heavy atom. The van der Waals surface area contributed by atoms with Gasteiger partial charge in [-0.25, -0.2) is 8.42 Å². The molecule has 3 saturated heterocycles. The first-order valence-corrected chi connectivity index (χ1v) is 13.2. The van der Waals surface area contributed by atoms with Crippen molar-refractivity contribution in [2.24, 2.45) is 5.92 Å². The summed E-state index contributed by atoms with van der Waals surface area (Å²) in [5, 5.41) is 2.62. The first-order chi connectivity index (χ1) is 15.7. The van der Waals surface area contributed by atoms with E-state index in [0.717, 1.165) is 32.5 Å². The lowest BCUT2D eigenvalue weighted by Crippen LogP contribution is -2.49. The summed E-state index contributed by atoms with van der Waals surface area (Å²) in [6, 6.07) is 6.06. The molecule has 0 aliphatic carbocycles. The number of carbonyl (C=O) groups excluding carboxylic acids is 2. The number of nitrogens with zero attached hydrogens (tertiary/aromatic N) is 3. The fourth-order valence-electron chi connectivity index (χ4n) is 5.04. The van der Waals surface area contributed by atoms with Crippen molar-refractivity contribution in [1.82, 2.24) is 19.4 Å². The summed E-state index contributed by atoms with van der Waals surface area (Å²) >= 11 is 0. The van der Waals surface area contributed by atoms with Crippen molar-refractivity contribution in [2.45, 2.75) is 43.8 Å². The molecule has 2 amide bonds. The zero-order valence-corrected chi connectivity index (χ0v) is 20.2. The van der Waals surface area contributed by atoms with Crippen LogP contribution in [0.5, 0.6) is 0 Å². The van der Waals surface area contributed by atoms with Gasteiger partial charge in [-0.3, -0.25) is 14.5 Å². The van der Waals surface area contributed by atoms with Crippen LogP contribution in [0.2, 0.25) is 0 Å². The molecule has 0 radical (unpaired) electrons. The van der Waals surface area contributed by atoms with Crippen LogP contribution in [0, 0.1) is 5.92 Å². The Labute approximate surface area is 196 Å². The summed E-state index contributed by atoms with van der Waals surface area (Å²) in [7, 11) is -3.76. The molecule has 182 valence electrons. The zero-order chi connectivity index (χ0) is 23.6. The third-order valence-corrected chi connectivity index (χ3v) is 8.52. The summed E-state index contributed by atoms with van der Waals surface area (Å²) in [5.74, 6) is 0.196. The van der Waals surface area contributed by atoms with Gasteiger partial charge in [0, 0.05) is 51.4 Å². The molecule has 2 atom stereocenters. The molecule has 0 aromatic heterocycles. The summed E-state index contributed by atoms with van der Waals surface area (Å²) in [4.78, 5) is 29.0. The van der Waals surface area contributed by atoms with Gasteiger partial charge in [-0.05, 0) is 56.9 Å². The van der Waals surface area contributed by atoms with Crippen molar-refractivity contribution in [2.75, 3.05) is 52.4 Å². The molecular weight excluding hydrogens is 444 g/mol. The highest BCUT2D eigenvalue weighted by atomic mass is 32.2. The van der Waals surface area contributed by atoms with Crippen LogP contribution in [0.15, 0.2) is 29.2 Å².